The smallest absolute Gasteiger partial charge is 0.337 e. The molecule has 1 aliphatic heterocycles. The Morgan fingerprint density at radius 2 is 1.81 bits per heavy atom. The molecule has 8 nitrogen and oxygen atoms in total. The van der Waals surface area contributed by atoms with Crippen LogP contribution in [0.5, 0.6) is 0 Å². The third-order valence-corrected chi connectivity index (χ3v) is 5.73. The van der Waals surface area contributed by atoms with Gasteiger partial charge in [-0.15, -0.1) is 0 Å². The molecule has 0 aliphatic carbocycles. The average Bonchev–Trinajstić information content (AvgIpc) is 3.26. The molecule has 2 heterocycles. The molecule has 1 aliphatic rings. The minimum absolute atomic E-state index is 0.0327. The second-order valence-corrected chi connectivity index (χ2v) is 8.07. The molecule has 0 spiro atoms. The summed E-state index contributed by atoms with van der Waals surface area (Å²) in [6.45, 7) is 6.72. The van der Waals surface area contributed by atoms with Crippen molar-refractivity contribution in [1.29, 1.82) is 0 Å². The topological polar surface area (TPSA) is 102 Å². The molecule has 9 heteroatoms. The summed E-state index contributed by atoms with van der Waals surface area (Å²) in [7, 11) is 0. The lowest BCUT2D eigenvalue weighted by Crippen LogP contribution is -2.38. The van der Waals surface area contributed by atoms with Gasteiger partial charge in [0.15, 0.2) is 6.61 Å². The highest BCUT2D eigenvalue weighted by Crippen LogP contribution is 2.45. The van der Waals surface area contributed by atoms with E-state index in [1.54, 1.807) is 43.0 Å². The van der Waals surface area contributed by atoms with Crippen molar-refractivity contribution in [1.82, 2.24) is 14.5 Å². The molecule has 3 rings (SSSR count). The van der Waals surface area contributed by atoms with Crippen molar-refractivity contribution in [3.63, 3.8) is 0 Å². The quantitative estimate of drug-likeness (QED) is 0.657. The fourth-order valence-electron chi connectivity index (χ4n) is 4.10. The van der Waals surface area contributed by atoms with Crippen LogP contribution < -0.4 is 0 Å². The Labute approximate surface area is 190 Å². The summed E-state index contributed by atoms with van der Waals surface area (Å²) in [6.07, 6.45) is 4.19. The predicted molar refractivity (Wildman–Crippen MR) is 118 cm³/mol. The molecule has 0 saturated carbocycles. The van der Waals surface area contributed by atoms with E-state index in [0.29, 0.717) is 22.0 Å². The van der Waals surface area contributed by atoms with Crippen LogP contribution in [0.25, 0.3) is 0 Å². The number of halogens is 1. The van der Waals surface area contributed by atoms with E-state index in [0.717, 1.165) is 0 Å². The van der Waals surface area contributed by atoms with Crippen molar-refractivity contribution in [2.45, 2.75) is 39.7 Å². The predicted octanol–water partition coefficient (Wildman–Crippen LogP) is 3.86. The van der Waals surface area contributed by atoms with Gasteiger partial charge in [-0.05, 0) is 39.3 Å². The van der Waals surface area contributed by atoms with Gasteiger partial charge in [-0.1, -0.05) is 29.8 Å². The molecule has 1 N–H and O–H groups in total. The van der Waals surface area contributed by atoms with E-state index in [1.807, 2.05) is 13.8 Å². The fourth-order valence-corrected chi connectivity index (χ4v) is 4.34. The molecule has 1 aromatic carbocycles. The number of aliphatic carboxylic acids is 1. The first-order valence-corrected chi connectivity index (χ1v) is 10.4. The zero-order chi connectivity index (χ0) is 23.6. The highest BCUT2D eigenvalue weighted by molar-refractivity contribution is 6.31. The van der Waals surface area contributed by atoms with E-state index in [1.165, 1.54) is 23.3 Å². The monoisotopic (exact) mass is 457 g/mol. The van der Waals surface area contributed by atoms with Crippen LogP contribution >= 0.6 is 11.6 Å². The summed E-state index contributed by atoms with van der Waals surface area (Å²) in [5.41, 5.74) is 1.70. The summed E-state index contributed by atoms with van der Waals surface area (Å²) in [4.78, 5) is 43.5. The van der Waals surface area contributed by atoms with Crippen molar-refractivity contribution in [2.75, 3.05) is 6.61 Å². The van der Waals surface area contributed by atoms with E-state index >= 15 is 0 Å². The van der Waals surface area contributed by atoms with Crippen LogP contribution in [-0.4, -0.2) is 50.1 Å². The molecular weight excluding hydrogens is 434 g/mol. The summed E-state index contributed by atoms with van der Waals surface area (Å²) in [6, 6.07) is 6.66. The molecular formula is C23H24ClN3O5. The van der Waals surface area contributed by atoms with Gasteiger partial charge in [0, 0.05) is 34.9 Å². The summed E-state index contributed by atoms with van der Waals surface area (Å²) in [5, 5.41) is 10.4. The number of aromatic nitrogens is 2. The lowest BCUT2D eigenvalue weighted by molar-refractivity contribution is -0.138. The van der Waals surface area contributed by atoms with Gasteiger partial charge in [0.1, 0.15) is 6.33 Å². The van der Waals surface area contributed by atoms with Gasteiger partial charge in [0.05, 0.1) is 17.1 Å². The summed E-state index contributed by atoms with van der Waals surface area (Å²) < 4.78 is 6.54. The number of nitrogens with zero attached hydrogens (tertiary/aromatic N) is 3. The molecule has 0 bridgehead atoms. The van der Waals surface area contributed by atoms with Gasteiger partial charge in [-0.25, -0.2) is 14.6 Å². The first kappa shape index (κ1) is 23.3. The van der Waals surface area contributed by atoms with Crippen molar-refractivity contribution in [3.8, 4) is 0 Å². The lowest BCUT2D eigenvalue weighted by Gasteiger charge is -2.40. The van der Waals surface area contributed by atoms with Crippen LogP contribution in [-0.2, 0) is 14.3 Å². The van der Waals surface area contributed by atoms with Gasteiger partial charge in [-0.2, -0.15) is 0 Å². The zero-order valence-corrected chi connectivity index (χ0v) is 19.0. The number of imidazole rings is 1. The fraction of sp³-hybridized carbons (Fsp3) is 0.304. The maximum atomic E-state index is 13.3. The van der Waals surface area contributed by atoms with Crippen molar-refractivity contribution in [3.05, 3.63) is 76.1 Å². The summed E-state index contributed by atoms with van der Waals surface area (Å²) >= 11 is 6.42. The van der Waals surface area contributed by atoms with Crippen LogP contribution in [0.3, 0.4) is 0 Å². The first-order chi connectivity index (χ1) is 15.1. The van der Waals surface area contributed by atoms with Crippen LogP contribution in [0.4, 0.5) is 0 Å². The standard InChI is InChI=1S/C23H24ClN3O5/c1-13(2)27-14(3)19(22(29)30)21(16-7-5-6-8-17(16)24)20(15(27)4)23(31)32-11-18(28)26-10-9-25-12-26/h5-10,12-13,21H,11H2,1-4H3,(H,29,30). The van der Waals surface area contributed by atoms with Gasteiger partial charge in [-0.3, -0.25) is 9.36 Å². The second-order valence-electron chi connectivity index (χ2n) is 7.66. The number of hydrogen-bond acceptors (Lipinski definition) is 6. The number of allylic oxidation sites excluding steroid dienone is 2. The minimum atomic E-state index is -1.16. The number of rotatable bonds is 6. The third kappa shape index (κ3) is 4.31. The van der Waals surface area contributed by atoms with Crippen molar-refractivity contribution in [2.24, 2.45) is 0 Å². The number of carbonyl (C=O) groups is 3. The highest BCUT2D eigenvalue weighted by atomic mass is 35.5. The van der Waals surface area contributed by atoms with Crippen LogP contribution in [0.15, 0.2) is 65.5 Å². The lowest BCUT2D eigenvalue weighted by atomic mass is 9.79. The Balaban J connectivity index is 2.09. The molecule has 2 aromatic rings. The number of carboxylic acid groups (broad SMARTS) is 1. The van der Waals surface area contributed by atoms with Crippen LogP contribution in [0.2, 0.25) is 5.02 Å². The Hall–Kier alpha value is -3.39. The third-order valence-electron chi connectivity index (χ3n) is 5.38. The van der Waals surface area contributed by atoms with E-state index in [2.05, 4.69) is 4.98 Å². The first-order valence-electron chi connectivity index (χ1n) is 10.0. The number of ether oxygens (including phenoxy) is 1. The molecule has 32 heavy (non-hydrogen) atoms. The molecule has 0 radical (unpaired) electrons. The maximum Gasteiger partial charge on any atom is 0.337 e. The SMILES string of the molecule is CC1=C(C(=O)O)C(c2ccccc2Cl)C(C(=O)OCC(=O)n2ccnc2)=C(C)N1C(C)C. The molecule has 1 aromatic heterocycles. The minimum Gasteiger partial charge on any atom is -0.478 e. The van der Waals surface area contributed by atoms with E-state index < -0.39 is 30.4 Å². The van der Waals surface area contributed by atoms with Crippen LogP contribution in [0.1, 0.15) is 44.0 Å². The Morgan fingerprint density at radius 3 is 2.38 bits per heavy atom. The average molecular weight is 458 g/mol. The van der Waals surface area contributed by atoms with Gasteiger partial charge >= 0.3 is 11.9 Å². The normalized spacial score (nSPS) is 16.6. The van der Waals surface area contributed by atoms with Gasteiger partial charge in [0.2, 0.25) is 0 Å². The Kier molecular flexibility index (Phi) is 6.84. The van der Waals surface area contributed by atoms with Crippen LogP contribution in [0, 0.1) is 0 Å². The largest absolute Gasteiger partial charge is 0.478 e. The molecule has 0 amide bonds. The maximum absolute atomic E-state index is 13.3. The molecule has 1 atom stereocenters. The Morgan fingerprint density at radius 1 is 1.16 bits per heavy atom. The number of benzene rings is 1. The van der Waals surface area contributed by atoms with E-state index in [9.17, 15) is 19.5 Å². The number of carbonyl (C=O) groups excluding carboxylic acids is 2. The number of esters is 1. The van der Waals surface area contributed by atoms with E-state index in [4.69, 9.17) is 16.3 Å². The number of carboxylic acids is 1. The van der Waals surface area contributed by atoms with Crippen molar-refractivity contribution >= 4 is 29.4 Å². The molecule has 1 unspecified atom stereocenters. The zero-order valence-electron chi connectivity index (χ0n) is 18.2. The Bertz CT molecular complexity index is 1120. The van der Waals surface area contributed by atoms with Gasteiger partial charge < -0.3 is 14.7 Å². The number of hydrogen-bond donors (Lipinski definition) is 1. The molecule has 0 saturated heterocycles. The highest BCUT2D eigenvalue weighted by Gasteiger charge is 2.41. The molecule has 168 valence electrons. The van der Waals surface area contributed by atoms with E-state index in [-0.39, 0.29) is 17.2 Å². The summed E-state index contributed by atoms with van der Waals surface area (Å²) in [5.74, 6) is -3.37. The molecule has 0 fully saturated rings. The van der Waals surface area contributed by atoms with Gasteiger partial charge in [0.25, 0.3) is 5.91 Å². The van der Waals surface area contributed by atoms with Crippen molar-refractivity contribution < 1.29 is 24.2 Å². The second kappa shape index (κ2) is 9.40.